The van der Waals surface area contributed by atoms with Crippen LogP contribution in [0.25, 0.3) is 0 Å². The van der Waals surface area contributed by atoms with Gasteiger partial charge in [-0.3, -0.25) is 0 Å². The van der Waals surface area contributed by atoms with E-state index >= 15 is 0 Å². The number of hydrogen-bond acceptors (Lipinski definition) is 6. The summed E-state index contributed by atoms with van der Waals surface area (Å²) in [7, 11) is 0. The van der Waals surface area contributed by atoms with Crippen molar-refractivity contribution in [2.45, 2.75) is 66.7 Å². The van der Waals surface area contributed by atoms with Crippen molar-refractivity contribution in [3.05, 3.63) is 23.8 Å². The highest BCUT2D eigenvalue weighted by Crippen LogP contribution is 2.03. The minimum Gasteiger partial charge on any atom is -0.545 e. The van der Waals surface area contributed by atoms with E-state index in [0.29, 0.717) is 24.7 Å². The molecule has 6 heteroatoms. The lowest BCUT2D eigenvalue weighted by molar-refractivity contribution is -0.299. The number of ether oxygens (including phenoxy) is 2. The van der Waals surface area contributed by atoms with Crippen molar-refractivity contribution < 1.29 is 29.0 Å². The Kier molecular flexibility index (Phi) is 17.8. The van der Waals surface area contributed by atoms with Crippen LogP contribution in [-0.2, 0) is 23.9 Å². The molecule has 0 saturated heterocycles. The molecule has 0 bridgehead atoms. The molecule has 0 rings (SSSR count). The van der Waals surface area contributed by atoms with Crippen LogP contribution in [0.4, 0.5) is 0 Å². The van der Waals surface area contributed by atoms with Crippen molar-refractivity contribution in [3.63, 3.8) is 0 Å². The molecule has 0 fully saturated rings. The Bertz CT molecular complexity index is 439. The number of carboxylic acids is 1. The highest BCUT2D eigenvalue weighted by molar-refractivity contribution is 5.91. The lowest BCUT2D eigenvalue weighted by Crippen LogP contribution is -2.23. The fraction of sp³-hybridized carbons (Fsp3) is 0.650. The molecular formula is C20H33O6-. The number of allylic oxidation sites excluding steroid dienone is 1. The molecule has 6 nitrogen and oxygen atoms in total. The largest absolute Gasteiger partial charge is 0.545 e. The smallest absolute Gasteiger partial charge is 0.331 e. The highest BCUT2D eigenvalue weighted by atomic mass is 16.5. The lowest BCUT2D eigenvalue weighted by atomic mass is 10.1. The lowest BCUT2D eigenvalue weighted by Gasteiger charge is -2.02. The van der Waals surface area contributed by atoms with Gasteiger partial charge in [-0.05, 0) is 37.7 Å². The van der Waals surface area contributed by atoms with Gasteiger partial charge in [0.2, 0.25) is 0 Å². The van der Waals surface area contributed by atoms with Gasteiger partial charge in [0.15, 0.2) is 0 Å². The first-order valence-electron chi connectivity index (χ1n) is 9.14. The van der Waals surface area contributed by atoms with Gasteiger partial charge in [0.25, 0.3) is 0 Å². The summed E-state index contributed by atoms with van der Waals surface area (Å²) in [6.45, 7) is 10.4. The summed E-state index contributed by atoms with van der Waals surface area (Å²) in [4.78, 5) is 32.2. The Hall–Kier alpha value is -2.11. The molecule has 0 saturated carbocycles. The summed E-state index contributed by atoms with van der Waals surface area (Å²) >= 11 is 0. The van der Waals surface area contributed by atoms with E-state index in [1.807, 2.05) is 27.7 Å². The molecule has 0 amide bonds. The first-order valence-corrected chi connectivity index (χ1v) is 9.14. The van der Waals surface area contributed by atoms with E-state index in [4.69, 9.17) is 9.47 Å². The van der Waals surface area contributed by atoms with Gasteiger partial charge in [0.05, 0.1) is 19.2 Å². The summed E-state index contributed by atoms with van der Waals surface area (Å²) in [6, 6.07) is 0. The summed E-state index contributed by atoms with van der Waals surface area (Å²) in [5.74, 6) is -1.56. The normalized spacial score (nSPS) is 11.1. The fourth-order valence-corrected chi connectivity index (χ4v) is 1.36. The Morgan fingerprint density at radius 1 is 0.923 bits per heavy atom. The average molecular weight is 369 g/mol. The summed E-state index contributed by atoms with van der Waals surface area (Å²) in [5.41, 5.74) is 0.328. The molecule has 0 unspecified atom stereocenters. The number of carbonyl (C=O) groups is 3. The molecule has 0 aliphatic heterocycles. The maximum absolute atomic E-state index is 11.0. The number of carboxylic acid groups (broad SMARTS) is 1. The Labute approximate surface area is 157 Å². The molecule has 26 heavy (non-hydrogen) atoms. The van der Waals surface area contributed by atoms with Crippen LogP contribution in [0.5, 0.6) is 0 Å². The Morgan fingerprint density at radius 3 is 1.65 bits per heavy atom. The molecule has 0 radical (unpaired) electrons. The Morgan fingerprint density at radius 2 is 1.35 bits per heavy atom. The zero-order valence-corrected chi connectivity index (χ0v) is 16.7. The molecule has 0 heterocycles. The molecule has 0 aliphatic rings. The number of aliphatic carboxylic acids is 1. The van der Waals surface area contributed by atoms with Crippen LogP contribution in [0.1, 0.15) is 66.7 Å². The van der Waals surface area contributed by atoms with Gasteiger partial charge in [-0.25, -0.2) is 9.59 Å². The number of unbranched alkanes of at least 4 members (excludes halogenated alkanes) is 2. The summed E-state index contributed by atoms with van der Waals surface area (Å²) in [6.07, 6.45) is 8.31. The standard InChI is InChI=1S/C12H20O4.C8H14O2/c1-3-5-9-15-11(13)7-8-12(14)16-10-6-4-2;1-6(2)4-5-7(3)8(9)10/h7-8H,3-6,9-10H2,1-2H3;5-6H,4H2,1-3H3,(H,9,10)/p-1/b8-7-;7-5+. The van der Waals surface area contributed by atoms with Crippen molar-refractivity contribution in [2.75, 3.05) is 13.2 Å². The van der Waals surface area contributed by atoms with E-state index in [1.165, 1.54) is 0 Å². The SMILES string of the molecule is C/C(=C\CC(C)C)C(=O)[O-].CCCCOC(=O)/C=C\C(=O)OCCCC. The molecule has 0 atom stereocenters. The van der Waals surface area contributed by atoms with E-state index in [0.717, 1.165) is 44.3 Å². The third-order valence-corrected chi connectivity index (χ3v) is 3.06. The predicted molar refractivity (Wildman–Crippen MR) is 99.1 cm³/mol. The molecule has 0 aromatic carbocycles. The maximum Gasteiger partial charge on any atom is 0.331 e. The first-order chi connectivity index (χ1) is 12.2. The van der Waals surface area contributed by atoms with Gasteiger partial charge in [-0.2, -0.15) is 0 Å². The average Bonchev–Trinajstić information content (AvgIpc) is 2.58. The van der Waals surface area contributed by atoms with E-state index in [-0.39, 0.29) is 0 Å². The molecule has 150 valence electrons. The van der Waals surface area contributed by atoms with Crippen molar-refractivity contribution >= 4 is 17.9 Å². The van der Waals surface area contributed by atoms with Crippen LogP contribution in [0.15, 0.2) is 23.8 Å². The van der Waals surface area contributed by atoms with Crippen LogP contribution >= 0.6 is 0 Å². The quantitative estimate of drug-likeness (QED) is 0.316. The summed E-state index contributed by atoms with van der Waals surface area (Å²) < 4.78 is 9.65. The Balaban J connectivity index is 0. The zero-order valence-electron chi connectivity index (χ0n) is 16.7. The molecular weight excluding hydrogens is 336 g/mol. The van der Waals surface area contributed by atoms with E-state index < -0.39 is 17.9 Å². The molecule has 0 spiro atoms. The van der Waals surface area contributed by atoms with E-state index in [2.05, 4.69) is 0 Å². The van der Waals surface area contributed by atoms with Crippen molar-refractivity contribution in [2.24, 2.45) is 5.92 Å². The van der Waals surface area contributed by atoms with Crippen LogP contribution in [0, 0.1) is 5.92 Å². The monoisotopic (exact) mass is 369 g/mol. The van der Waals surface area contributed by atoms with Crippen LogP contribution in [0.2, 0.25) is 0 Å². The number of carbonyl (C=O) groups excluding carboxylic acids is 3. The number of rotatable bonds is 11. The van der Waals surface area contributed by atoms with Gasteiger partial charge < -0.3 is 19.4 Å². The number of esters is 2. The molecule has 0 N–H and O–H groups in total. The van der Waals surface area contributed by atoms with Gasteiger partial charge >= 0.3 is 11.9 Å². The first kappa shape index (κ1) is 26.1. The molecule has 0 aliphatic carbocycles. The summed E-state index contributed by atoms with van der Waals surface area (Å²) in [5, 5.41) is 10.1. The second kappa shape index (κ2) is 17.7. The topological polar surface area (TPSA) is 92.7 Å². The molecule has 0 aromatic rings. The highest BCUT2D eigenvalue weighted by Gasteiger charge is 2.00. The van der Waals surface area contributed by atoms with E-state index in [1.54, 1.807) is 13.0 Å². The van der Waals surface area contributed by atoms with Crippen molar-refractivity contribution in [1.29, 1.82) is 0 Å². The molecule has 0 aromatic heterocycles. The van der Waals surface area contributed by atoms with Gasteiger partial charge in [0, 0.05) is 12.2 Å². The maximum atomic E-state index is 11.0. The van der Waals surface area contributed by atoms with Crippen molar-refractivity contribution in [1.82, 2.24) is 0 Å². The third-order valence-electron chi connectivity index (χ3n) is 3.06. The minimum atomic E-state index is -1.07. The van der Waals surface area contributed by atoms with Gasteiger partial charge in [0.1, 0.15) is 0 Å². The number of hydrogen-bond donors (Lipinski definition) is 0. The minimum absolute atomic E-state index is 0.328. The third kappa shape index (κ3) is 19.9. The zero-order chi connectivity index (χ0) is 20.4. The van der Waals surface area contributed by atoms with Crippen LogP contribution in [0.3, 0.4) is 0 Å². The second-order valence-electron chi connectivity index (χ2n) is 6.18. The van der Waals surface area contributed by atoms with Crippen LogP contribution in [-0.4, -0.2) is 31.1 Å². The van der Waals surface area contributed by atoms with Gasteiger partial charge in [-0.1, -0.05) is 46.6 Å². The van der Waals surface area contributed by atoms with E-state index in [9.17, 15) is 19.5 Å². The second-order valence-corrected chi connectivity index (χ2v) is 6.18. The van der Waals surface area contributed by atoms with Crippen molar-refractivity contribution in [3.8, 4) is 0 Å². The van der Waals surface area contributed by atoms with Gasteiger partial charge in [-0.15, -0.1) is 0 Å². The van der Waals surface area contributed by atoms with Crippen LogP contribution < -0.4 is 5.11 Å². The fourth-order valence-electron chi connectivity index (χ4n) is 1.36. The predicted octanol–water partition coefficient (Wildman–Crippen LogP) is 2.96.